The molecule has 0 radical (unpaired) electrons. The van der Waals surface area contributed by atoms with Gasteiger partial charge in [0.15, 0.2) is 0 Å². The van der Waals surface area contributed by atoms with Gasteiger partial charge in [-0.3, -0.25) is 9.69 Å². The molecule has 4 rings (SSSR count). The van der Waals surface area contributed by atoms with Crippen LogP contribution in [0.25, 0.3) is 10.9 Å². The van der Waals surface area contributed by atoms with E-state index in [9.17, 15) is 13.2 Å². The van der Waals surface area contributed by atoms with Crippen LogP contribution in [0.1, 0.15) is 41.9 Å². The molecule has 0 aliphatic carbocycles. The van der Waals surface area contributed by atoms with Crippen molar-refractivity contribution in [2.45, 2.75) is 38.6 Å². The van der Waals surface area contributed by atoms with Crippen molar-refractivity contribution in [3.63, 3.8) is 0 Å². The van der Waals surface area contributed by atoms with Gasteiger partial charge in [0.2, 0.25) is 10.0 Å². The van der Waals surface area contributed by atoms with Crippen LogP contribution in [-0.2, 0) is 23.6 Å². The zero-order chi connectivity index (χ0) is 25.2. The minimum atomic E-state index is -3.55. The zero-order valence-corrected chi connectivity index (χ0v) is 21.9. The number of amides is 1. The van der Waals surface area contributed by atoms with Gasteiger partial charge in [0.05, 0.1) is 4.90 Å². The normalized spacial score (nSPS) is 16.9. The molecule has 0 bridgehead atoms. The SMILES string of the molecule is CCN(CC)S(=O)(=O)c1ccc2c(c1)cc(C(=O)NC[C@H]1CCN(Cc3ccc(C)cc3)C1)n2C. The maximum atomic E-state index is 13.0. The van der Waals surface area contributed by atoms with Crippen LogP contribution >= 0.6 is 0 Å². The molecule has 1 aliphatic rings. The molecule has 0 spiro atoms. The number of likely N-dealkylation sites (tertiary alicyclic amines) is 1. The first kappa shape index (κ1) is 25.4. The molecule has 1 saturated heterocycles. The van der Waals surface area contributed by atoms with Crippen molar-refractivity contribution in [1.29, 1.82) is 0 Å². The molecular formula is C27H36N4O3S. The van der Waals surface area contributed by atoms with E-state index in [1.165, 1.54) is 15.4 Å². The molecule has 188 valence electrons. The predicted octanol–water partition coefficient (Wildman–Crippen LogP) is 3.77. The first-order valence-corrected chi connectivity index (χ1v) is 13.8. The van der Waals surface area contributed by atoms with E-state index in [1.807, 2.05) is 25.5 Å². The van der Waals surface area contributed by atoms with Crippen LogP contribution in [0.4, 0.5) is 0 Å². The molecule has 1 N–H and O–H groups in total. The van der Waals surface area contributed by atoms with E-state index in [1.54, 1.807) is 24.3 Å². The van der Waals surface area contributed by atoms with Crippen LogP contribution in [0, 0.1) is 12.8 Å². The second-order valence-electron chi connectivity index (χ2n) is 9.48. The van der Waals surface area contributed by atoms with Crippen LogP contribution in [0.15, 0.2) is 53.4 Å². The van der Waals surface area contributed by atoms with E-state index in [2.05, 4.69) is 41.4 Å². The fourth-order valence-electron chi connectivity index (χ4n) is 4.92. The Bertz CT molecular complexity index is 1290. The number of rotatable bonds is 9. The number of carbonyl (C=O) groups is 1. The number of aromatic nitrogens is 1. The summed E-state index contributed by atoms with van der Waals surface area (Å²) in [6.07, 6.45) is 1.06. The average Bonchev–Trinajstić information content (AvgIpc) is 3.43. The van der Waals surface area contributed by atoms with Gasteiger partial charge in [0.1, 0.15) is 5.69 Å². The summed E-state index contributed by atoms with van der Waals surface area (Å²) in [6.45, 7) is 10.2. The van der Waals surface area contributed by atoms with Gasteiger partial charge in [-0.1, -0.05) is 43.7 Å². The summed E-state index contributed by atoms with van der Waals surface area (Å²) in [6, 6.07) is 15.5. The van der Waals surface area contributed by atoms with E-state index in [4.69, 9.17) is 0 Å². The molecule has 0 unspecified atom stereocenters. The third-order valence-corrected chi connectivity index (χ3v) is 9.08. The smallest absolute Gasteiger partial charge is 0.267 e. The second-order valence-corrected chi connectivity index (χ2v) is 11.4. The Labute approximate surface area is 208 Å². The van der Waals surface area contributed by atoms with Crippen molar-refractivity contribution in [2.24, 2.45) is 13.0 Å². The summed E-state index contributed by atoms with van der Waals surface area (Å²) >= 11 is 0. The number of nitrogens with zero attached hydrogens (tertiary/aromatic N) is 3. The molecule has 3 aromatic rings. The lowest BCUT2D eigenvalue weighted by molar-refractivity contribution is 0.0939. The Balaban J connectivity index is 1.40. The fourth-order valence-corrected chi connectivity index (χ4v) is 6.41. The predicted molar refractivity (Wildman–Crippen MR) is 140 cm³/mol. The number of aryl methyl sites for hydroxylation is 2. The van der Waals surface area contributed by atoms with Gasteiger partial charge in [-0.15, -0.1) is 0 Å². The lowest BCUT2D eigenvalue weighted by Crippen LogP contribution is -2.31. The van der Waals surface area contributed by atoms with Crippen LogP contribution in [0.2, 0.25) is 0 Å². The van der Waals surface area contributed by atoms with Gasteiger partial charge in [0.25, 0.3) is 5.91 Å². The summed E-state index contributed by atoms with van der Waals surface area (Å²) < 4.78 is 29.1. The quantitative estimate of drug-likeness (QED) is 0.489. The minimum Gasteiger partial charge on any atom is -0.350 e. The van der Waals surface area contributed by atoms with Crippen molar-refractivity contribution >= 4 is 26.8 Å². The topological polar surface area (TPSA) is 74.7 Å². The summed E-state index contributed by atoms with van der Waals surface area (Å²) in [5, 5.41) is 3.85. The zero-order valence-electron chi connectivity index (χ0n) is 21.1. The van der Waals surface area contributed by atoms with Gasteiger partial charge >= 0.3 is 0 Å². The molecule has 8 heteroatoms. The van der Waals surface area contributed by atoms with Crippen LogP contribution in [-0.4, -0.2) is 60.8 Å². The lowest BCUT2D eigenvalue weighted by Gasteiger charge is -2.18. The second kappa shape index (κ2) is 10.5. The van der Waals surface area contributed by atoms with E-state index < -0.39 is 10.0 Å². The number of fused-ring (bicyclic) bond motifs is 1. The Morgan fingerprint density at radius 3 is 2.49 bits per heavy atom. The molecule has 1 atom stereocenters. The fraction of sp³-hybridized carbons (Fsp3) is 0.444. The molecule has 1 amide bonds. The average molecular weight is 497 g/mol. The van der Waals surface area contributed by atoms with Crippen molar-refractivity contribution in [1.82, 2.24) is 19.1 Å². The maximum absolute atomic E-state index is 13.0. The Morgan fingerprint density at radius 1 is 1.09 bits per heavy atom. The summed E-state index contributed by atoms with van der Waals surface area (Å²) in [5.74, 6) is 0.290. The van der Waals surface area contributed by atoms with Gasteiger partial charge in [-0.25, -0.2) is 8.42 Å². The number of hydrogen-bond donors (Lipinski definition) is 1. The van der Waals surface area contributed by atoms with Crippen molar-refractivity contribution < 1.29 is 13.2 Å². The van der Waals surface area contributed by atoms with Gasteiger partial charge in [-0.05, 0) is 55.6 Å². The van der Waals surface area contributed by atoms with Crippen molar-refractivity contribution in [3.8, 4) is 0 Å². The highest BCUT2D eigenvalue weighted by Gasteiger charge is 2.25. The Morgan fingerprint density at radius 2 is 1.80 bits per heavy atom. The van der Waals surface area contributed by atoms with Gasteiger partial charge in [-0.2, -0.15) is 4.31 Å². The molecule has 1 fully saturated rings. The number of hydrogen-bond acceptors (Lipinski definition) is 4. The standard InChI is InChI=1S/C27H36N4O3S/c1-5-31(6-2)35(33,34)24-11-12-25-23(15-24)16-26(29(25)4)27(32)28-17-22-13-14-30(19-22)18-21-9-7-20(3)8-10-21/h7-12,15-16,22H,5-6,13-14,17-19H2,1-4H3,(H,28,32)/t22-/m1/s1. The highest BCUT2D eigenvalue weighted by Crippen LogP contribution is 2.25. The van der Waals surface area contributed by atoms with Crippen LogP contribution in [0.5, 0.6) is 0 Å². The molecule has 2 aromatic carbocycles. The first-order chi connectivity index (χ1) is 16.7. The summed E-state index contributed by atoms with van der Waals surface area (Å²) in [5.41, 5.74) is 3.95. The molecule has 1 aliphatic heterocycles. The van der Waals surface area contributed by atoms with E-state index >= 15 is 0 Å². The monoisotopic (exact) mass is 496 g/mol. The van der Waals surface area contributed by atoms with Crippen LogP contribution < -0.4 is 5.32 Å². The van der Waals surface area contributed by atoms with E-state index in [0.29, 0.717) is 31.2 Å². The maximum Gasteiger partial charge on any atom is 0.267 e. The molecule has 2 heterocycles. The number of nitrogens with one attached hydrogen (secondary N) is 1. The number of carbonyl (C=O) groups excluding carboxylic acids is 1. The number of sulfonamides is 1. The van der Waals surface area contributed by atoms with Crippen molar-refractivity contribution in [2.75, 3.05) is 32.7 Å². The third kappa shape index (κ3) is 5.44. The molecule has 7 nitrogen and oxygen atoms in total. The largest absolute Gasteiger partial charge is 0.350 e. The Kier molecular flexibility index (Phi) is 7.64. The first-order valence-electron chi connectivity index (χ1n) is 12.4. The minimum absolute atomic E-state index is 0.131. The van der Waals surface area contributed by atoms with E-state index in [0.717, 1.165) is 37.0 Å². The molecule has 1 aromatic heterocycles. The summed E-state index contributed by atoms with van der Waals surface area (Å²) in [4.78, 5) is 15.7. The van der Waals surface area contributed by atoms with Gasteiger partial charge < -0.3 is 9.88 Å². The highest BCUT2D eigenvalue weighted by atomic mass is 32.2. The molecular weight excluding hydrogens is 460 g/mol. The van der Waals surface area contributed by atoms with E-state index in [-0.39, 0.29) is 10.8 Å². The third-order valence-electron chi connectivity index (χ3n) is 7.04. The molecule has 0 saturated carbocycles. The van der Waals surface area contributed by atoms with Crippen molar-refractivity contribution in [3.05, 3.63) is 65.4 Å². The molecule has 35 heavy (non-hydrogen) atoms. The Hall–Kier alpha value is -2.68. The highest BCUT2D eigenvalue weighted by molar-refractivity contribution is 7.89. The number of benzene rings is 2. The summed E-state index contributed by atoms with van der Waals surface area (Å²) in [7, 11) is -1.71. The lowest BCUT2D eigenvalue weighted by atomic mass is 10.1. The van der Waals surface area contributed by atoms with Crippen LogP contribution in [0.3, 0.4) is 0 Å². The van der Waals surface area contributed by atoms with Gasteiger partial charge in [0, 0.05) is 50.7 Å².